The molecule has 2 rings (SSSR count). The summed E-state index contributed by atoms with van der Waals surface area (Å²) in [5.74, 6) is 0.731. The van der Waals surface area contributed by atoms with Crippen LogP contribution in [0.25, 0.3) is 0 Å². The number of amides is 2. The third-order valence-corrected chi connectivity index (χ3v) is 4.25. The summed E-state index contributed by atoms with van der Waals surface area (Å²) in [6, 6.07) is 11.7. The normalized spacial score (nSPS) is 10.5. The van der Waals surface area contributed by atoms with Crippen molar-refractivity contribution in [2.24, 2.45) is 0 Å². The first-order valence-corrected chi connectivity index (χ1v) is 9.28. The van der Waals surface area contributed by atoms with E-state index >= 15 is 0 Å². The molecule has 0 heterocycles. The number of ether oxygens (including phenoxy) is 2. The average molecular weight is 384 g/mol. The zero-order valence-corrected chi connectivity index (χ0v) is 17.1. The fourth-order valence-electron chi connectivity index (χ4n) is 2.76. The van der Waals surface area contributed by atoms with Crippen LogP contribution in [-0.4, -0.2) is 25.0 Å². The van der Waals surface area contributed by atoms with Gasteiger partial charge in [0, 0.05) is 0 Å². The third-order valence-electron chi connectivity index (χ3n) is 4.25. The van der Waals surface area contributed by atoms with E-state index < -0.39 is 11.8 Å². The molecule has 150 valence electrons. The van der Waals surface area contributed by atoms with E-state index in [1.807, 2.05) is 57.2 Å². The molecule has 2 aromatic carbocycles. The molecular formula is C22H28N2O4. The van der Waals surface area contributed by atoms with Crippen molar-refractivity contribution < 1.29 is 19.1 Å². The molecule has 2 amide bonds. The van der Waals surface area contributed by atoms with E-state index in [9.17, 15) is 9.59 Å². The van der Waals surface area contributed by atoms with Crippen LogP contribution in [-0.2, 0) is 9.59 Å². The van der Waals surface area contributed by atoms with Crippen LogP contribution in [0, 0.1) is 20.8 Å². The molecule has 2 aromatic rings. The number of rotatable bonds is 7. The van der Waals surface area contributed by atoms with Gasteiger partial charge in [-0.05, 0) is 55.0 Å². The molecule has 0 fully saturated rings. The maximum atomic E-state index is 12.0. The van der Waals surface area contributed by atoms with E-state index in [1.54, 1.807) is 0 Å². The molecule has 6 heteroatoms. The molecule has 0 bridgehead atoms. The van der Waals surface area contributed by atoms with Crippen LogP contribution in [0.5, 0.6) is 11.5 Å². The minimum absolute atomic E-state index is 0.192. The second kappa shape index (κ2) is 9.78. The molecule has 0 aliphatic carbocycles. The Morgan fingerprint density at radius 1 is 0.893 bits per heavy atom. The quantitative estimate of drug-likeness (QED) is 0.718. The van der Waals surface area contributed by atoms with E-state index in [4.69, 9.17) is 9.47 Å². The average Bonchev–Trinajstić information content (AvgIpc) is 2.64. The molecule has 0 radical (unpaired) electrons. The van der Waals surface area contributed by atoms with Crippen LogP contribution in [0.3, 0.4) is 0 Å². The molecule has 0 atom stereocenters. The Hall–Kier alpha value is -3.02. The fraction of sp³-hybridized carbons (Fsp3) is 0.364. The van der Waals surface area contributed by atoms with Gasteiger partial charge in [0.15, 0.2) is 13.2 Å². The first-order chi connectivity index (χ1) is 13.3. The molecule has 0 aliphatic rings. The van der Waals surface area contributed by atoms with Crippen molar-refractivity contribution in [1.82, 2.24) is 10.9 Å². The first-order valence-electron chi connectivity index (χ1n) is 9.28. The van der Waals surface area contributed by atoms with Gasteiger partial charge >= 0.3 is 0 Å². The minimum atomic E-state index is -0.450. The van der Waals surface area contributed by atoms with Gasteiger partial charge < -0.3 is 9.47 Å². The summed E-state index contributed by atoms with van der Waals surface area (Å²) in [7, 11) is 0. The predicted octanol–water partition coefficient (Wildman–Crippen LogP) is 3.34. The summed E-state index contributed by atoms with van der Waals surface area (Å²) in [6.45, 7) is 9.53. The zero-order valence-electron chi connectivity index (χ0n) is 17.1. The van der Waals surface area contributed by atoms with Gasteiger partial charge in [0.2, 0.25) is 0 Å². The highest BCUT2D eigenvalue weighted by Gasteiger charge is 2.12. The molecule has 0 aliphatic heterocycles. The lowest BCUT2D eigenvalue weighted by Gasteiger charge is -2.15. The van der Waals surface area contributed by atoms with Gasteiger partial charge in [0.25, 0.3) is 11.8 Å². The van der Waals surface area contributed by atoms with Crippen molar-refractivity contribution in [3.05, 3.63) is 58.7 Å². The highest BCUT2D eigenvalue weighted by atomic mass is 16.5. The van der Waals surface area contributed by atoms with E-state index in [0.717, 1.165) is 22.3 Å². The number of hydrogen-bond acceptors (Lipinski definition) is 4. The molecule has 0 unspecified atom stereocenters. The summed E-state index contributed by atoms with van der Waals surface area (Å²) >= 11 is 0. The van der Waals surface area contributed by atoms with Gasteiger partial charge in [-0.2, -0.15) is 0 Å². The lowest BCUT2D eigenvalue weighted by Crippen LogP contribution is -2.45. The fourth-order valence-corrected chi connectivity index (χ4v) is 2.76. The monoisotopic (exact) mass is 384 g/mol. The number of carbonyl (C=O) groups excluding carboxylic acids is 2. The number of benzene rings is 2. The third kappa shape index (κ3) is 6.01. The molecule has 0 saturated carbocycles. The number of aryl methyl sites for hydroxylation is 3. The largest absolute Gasteiger partial charge is 0.483 e. The minimum Gasteiger partial charge on any atom is -0.483 e. The van der Waals surface area contributed by atoms with Crippen molar-refractivity contribution in [3.63, 3.8) is 0 Å². The molecule has 2 N–H and O–H groups in total. The smallest absolute Gasteiger partial charge is 0.276 e. The van der Waals surface area contributed by atoms with E-state index in [0.29, 0.717) is 11.5 Å². The van der Waals surface area contributed by atoms with Crippen LogP contribution in [0.15, 0.2) is 36.4 Å². The summed E-state index contributed by atoms with van der Waals surface area (Å²) < 4.78 is 11.2. The van der Waals surface area contributed by atoms with Crippen molar-refractivity contribution in [1.29, 1.82) is 0 Å². The maximum absolute atomic E-state index is 12.0. The number of nitrogens with one attached hydrogen (secondary N) is 2. The van der Waals surface area contributed by atoms with Crippen molar-refractivity contribution in [2.45, 2.75) is 40.5 Å². The van der Waals surface area contributed by atoms with Crippen molar-refractivity contribution in [3.8, 4) is 11.5 Å². The van der Waals surface area contributed by atoms with Gasteiger partial charge in [-0.25, -0.2) is 0 Å². The van der Waals surface area contributed by atoms with Crippen molar-refractivity contribution >= 4 is 11.8 Å². The highest BCUT2D eigenvalue weighted by Crippen LogP contribution is 2.27. The Morgan fingerprint density at radius 2 is 1.46 bits per heavy atom. The maximum Gasteiger partial charge on any atom is 0.276 e. The number of hydrazine groups is 1. The van der Waals surface area contributed by atoms with E-state index in [1.165, 1.54) is 0 Å². The van der Waals surface area contributed by atoms with Crippen LogP contribution in [0.1, 0.15) is 42.0 Å². The molecule has 0 saturated heterocycles. The lowest BCUT2D eigenvalue weighted by atomic mass is 10.0. The SMILES string of the molecule is Cc1ccc(C(C)C)c(OCC(=O)NNC(=O)COc2c(C)cccc2C)c1. The molecule has 0 spiro atoms. The number of para-hydroxylation sites is 1. The van der Waals surface area contributed by atoms with Gasteiger partial charge in [-0.3, -0.25) is 20.4 Å². The molecular weight excluding hydrogens is 356 g/mol. The summed E-state index contributed by atoms with van der Waals surface area (Å²) in [5, 5.41) is 0. The van der Waals surface area contributed by atoms with Crippen LogP contribution >= 0.6 is 0 Å². The highest BCUT2D eigenvalue weighted by molar-refractivity contribution is 5.83. The zero-order chi connectivity index (χ0) is 20.7. The molecule has 6 nitrogen and oxygen atoms in total. The Bertz CT molecular complexity index is 826. The summed E-state index contributed by atoms with van der Waals surface area (Å²) in [6.07, 6.45) is 0. The molecule has 0 aromatic heterocycles. The van der Waals surface area contributed by atoms with Crippen molar-refractivity contribution in [2.75, 3.05) is 13.2 Å². The second-order valence-electron chi connectivity index (χ2n) is 7.09. The van der Waals surface area contributed by atoms with Crippen LogP contribution in [0.2, 0.25) is 0 Å². The standard InChI is InChI=1S/C22H28N2O4/c1-14(2)18-10-9-15(3)11-19(18)27-12-20(25)23-24-21(26)13-28-22-16(4)7-6-8-17(22)5/h6-11,14H,12-13H2,1-5H3,(H,23,25)(H,24,26). The van der Waals surface area contributed by atoms with Gasteiger partial charge in [0.05, 0.1) is 0 Å². The Balaban J connectivity index is 1.80. The van der Waals surface area contributed by atoms with Crippen LogP contribution in [0.4, 0.5) is 0 Å². The Labute approximate surface area is 166 Å². The number of hydrogen-bond donors (Lipinski definition) is 2. The van der Waals surface area contributed by atoms with Gasteiger partial charge in [-0.1, -0.05) is 44.2 Å². The first kappa shape index (κ1) is 21.3. The number of carbonyl (C=O) groups is 2. The van der Waals surface area contributed by atoms with Gasteiger partial charge in [-0.15, -0.1) is 0 Å². The lowest BCUT2D eigenvalue weighted by molar-refractivity contribution is -0.131. The second-order valence-corrected chi connectivity index (χ2v) is 7.09. The van der Waals surface area contributed by atoms with E-state index in [-0.39, 0.29) is 19.1 Å². The Kier molecular flexibility index (Phi) is 7.44. The summed E-state index contributed by atoms with van der Waals surface area (Å²) in [4.78, 5) is 23.9. The topological polar surface area (TPSA) is 76.7 Å². The summed E-state index contributed by atoms with van der Waals surface area (Å²) in [5.41, 5.74) is 8.65. The molecule has 28 heavy (non-hydrogen) atoms. The van der Waals surface area contributed by atoms with E-state index in [2.05, 4.69) is 24.7 Å². The Morgan fingerprint density at radius 3 is 2.04 bits per heavy atom. The van der Waals surface area contributed by atoms with Crippen LogP contribution < -0.4 is 20.3 Å². The van der Waals surface area contributed by atoms with Gasteiger partial charge in [0.1, 0.15) is 11.5 Å². The predicted molar refractivity (Wildman–Crippen MR) is 108 cm³/mol.